The maximum absolute atomic E-state index is 13.6. The van der Waals surface area contributed by atoms with Gasteiger partial charge in [-0.1, -0.05) is 40.6 Å². The quantitative estimate of drug-likeness (QED) is 0.460. The number of benzene rings is 1. The van der Waals surface area contributed by atoms with Crippen molar-refractivity contribution in [2.75, 3.05) is 19.6 Å². The largest absolute Gasteiger partial charge is 0.356 e. The Morgan fingerprint density at radius 1 is 1.11 bits per heavy atom. The van der Waals surface area contributed by atoms with Crippen LogP contribution >= 0.6 is 0 Å². The lowest BCUT2D eigenvalue weighted by Crippen LogP contribution is -2.43. The van der Waals surface area contributed by atoms with Gasteiger partial charge in [-0.25, -0.2) is 8.42 Å². The van der Waals surface area contributed by atoms with Gasteiger partial charge in [0.1, 0.15) is 5.69 Å². The summed E-state index contributed by atoms with van der Waals surface area (Å²) in [7, 11) is -3.81. The average Bonchev–Trinajstić information content (AvgIpc) is 3.25. The second-order valence-electron chi connectivity index (χ2n) is 10.4. The summed E-state index contributed by atoms with van der Waals surface area (Å²) in [5.41, 5.74) is 6.23. The predicted molar refractivity (Wildman–Crippen MR) is 146 cm³/mol. The fraction of sp³-hybridized carbons (Fsp3) is 0.517. The molecule has 1 aliphatic heterocycles. The number of hydrogen-bond acceptors (Lipinski definition) is 5. The summed E-state index contributed by atoms with van der Waals surface area (Å²) in [5, 5.41) is 7.03. The third kappa shape index (κ3) is 6.41. The molecule has 200 valence electrons. The number of allylic oxidation sites excluding steroid dienone is 1. The molecule has 1 amide bonds. The minimum absolute atomic E-state index is 0.0297. The molecule has 1 N–H and O–H groups in total. The second kappa shape index (κ2) is 11.8. The first-order chi connectivity index (χ1) is 17.7. The zero-order chi connectivity index (χ0) is 26.6. The van der Waals surface area contributed by atoms with Crippen LogP contribution in [-0.4, -0.2) is 43.4 Å². The predicted octanol–water partition coefficient (Wildman–Crippen LogP) is 5.49. The lowest BCUT2D eigenvalue weighted by Gasteiger charge is -2.30. The highest BCUT2D eigenvalue weighted by molar-refractivity contribution is 7.89. The lowest BCUT2D eigenvalue weighted by atomic mass is 9.96. The van der Waals surface area contributed by atoms with E-state index in [1.807, 2.05) is 19.9 Å². The molecule has 8 heteroatoms. The molecule has 2 aliphatic rings. The molecule has 1 aromatic carbocycles. The third-order valence-electron chi connectivity index (χ3n) is 7.53. The molecule has 2 aromatic rings. The minimum atomic E-state index is -3.81. The van der Waals surface area contributed by atoms with E-state index in [0.29, 0.717) is 38.2 Å². The molecule has 0 bridgehead atoms. The molecule has 4 rings (SSSR count). The molecule has 0 saturated carbocycles. The highest BCUT2D eigenvalue weighted by atomic mass is 32.2. The van der Waals surface area contributed by atoms with Crippen LogP contribution in [0.5, 0.6) is 0 Å². The zero-order valence-electron chi connectivity index (χ0n) is 22.5. The highest BCUT2D eigenvalue weighted by Gasteiger charge is 2.35. The lowest BCUT2D eigenvalue weighted by molar-refractivity contribution is -0.126. The summed E-state index contributed by atoms with van der Waals surface area (Å²) >= 11 is 0. The molecular formula is C29H39N3O4S. The summed E-state index contributed by atoms with van der Waals surface area (Å²) in [6, 6.07) is 4.20. The van der Waals surface area contributed by atoms with Gasteiger partial charge in [0.05, 0.1) is 0 Å². The first kappa shape index (κ1) is 27.3. The molecule has 7 nitrogen and oxygen atoms in total. The Hall–Kier alpha value is -2.71. The summed E-state index contributed by atoms with van der Waals surface area (Å²) < 4.78 is 34.1. The third-order valence-corrected chi connectivity index (χ3v) is 9.58. The van der Waals surface area contributed by atoms with Crippen LogP contribution in [0.15, 0.2) is 33.2 Å². The van der Waals surface area contributed by atoms with Crippen molar-refractivity contribution in [2.45, 2.75) is 77.5 Å². The van der Waals surface area contributed by atoms with Crippen LogP contribution in [0.1, 0.15) is 78.7 Å². The first-order valence-corrected chi connectivity index (χ1v) is 14.8. The fourth-order valence-corrected chi connectivity index (χ4v) is 7.24. The van der Waals surface area contributed by atoms with Crippen LogP contribution in [0, 0.1) is 33.6 Å². The molecule has 1 fully saturated rings. The van der Waals surface area contributed by atoms with E-state index in [4.69, 9.17) is 4.52 Å². The van der Waals surface area contributed by atoms with Gasteiger partial charge < -0.3 is 9.84 Å². The van der Waals surface area contributed by atoms with Gasteiger partial charge in [0.15, 0.2) is 10.7 Å². The zero-order valence-corrected chi connectivity index (χ0v) is 23.3. The summed E-state index contributed by atoms with van der Waals surface area (Å²) in [5.74, 6) is 0.0954. The molecular weight excluding hydrogens is 486 g/mol. The van der Waals surface area contributed by atoms with Crippen molar-refractivity contribution >= 4 is 28.1 Å². The van der Waals surface area contributed by atoms with E-state index in [1.54, 1.807) is 13.0 Å². The van der Waals surface area contributed by atoms with E-state index >= 15 is 0 Å². The molecule has 37 heavy (non-hydrogen) atoms. The SMILES string of the molecule is Cc1cc(C)c(C=Cc2onc(C)c2S(=O)(=O)N2CCC(C(=O)NCCC3=CCCCC3)CC2)c(C)c1. The van der Waals surface area contributed by atoms with Crippen LogP contribution in [0.4, 0.5) is 0 Å². The number of amides is 1. The molecule has 0 atom stereocenters. The Morgan fingerprint density at radius 2 is 1.81 bits per heavy atom. The van der Waals surface area contributed by atoms with E-state index in [-0.39, 0.29) is 22.5 Å². The molecule has 0 unspecified atom stereocenters. The monoisotopic (exact) mass is 525 g/mol. The molecule has 1 aliphatic carbocycles. The summed E-state index contributed by atoms with van der Waals surface area (Å²) in [6.07, 6.45) is 12.6. The van der Waals surface area contributed by atoms with Crippen LogP contribution in [-0.2, 0) is 14.8 Å². The number of aromatic nitrogens is 1. The smallest absolute Gasteiger partial charge is 0.248 e. The number of nitrogens with one attached hydrogen (secondary N) is 1. The number of aryl methyl sites for hydroxylation is 4. The molecule has 1 saturated heterocycles. The number of piperidine rings is 1. The van der Waals surface area contributed by atoms with Crippen molar-refractivity contribution < 1.29 is 17.7 Å². The Kier molecular flexibility index (Phi) is 8.70. The Balaban J connectivity index is 1.39. The average molecular weight is 526 g/mol. The van der Waals surface area contributed by atoms with E-state index in [9.17, 15) is 13.2 Å². The molecule has 1 aromatic heterocycles. The van der Waals surface area contributed by atoms with Gasteiger partial charge in [-0.05, 0) is 95.4 Å². The van der Waals surface area contributed by atoms with Gasteiger partial charge in [0.25, 0.3) is 0 Å². The summed E-state index contributed by atoms with van der Waals surface area (Å²) in [6.45, 7) is 9.04. The number of sulfonamides is 1. The van der Waals surface area contributed by atoms with E-state index in [1.165, 1.54) is 28.3 Å². The fourth-order valence-electron chi connectivity index (χ4n) is 5.52. The molecule has 0 radical (unpaired) electrons. The van der Waals surface area contributed by atoms with Gasteiger partial charge in [-0.3, -0.25) is 4.79 Å². The minimum Gasteiger partial charge on any atom is -0.356 e. The van der Waals surface area contributed by atoms with E-state index in [2.05, 4.69) is 35.6 Å². The molecule has 0 spiro atoms. The molecule has 2 heterocycles. The van der Waals surface area contributed by atoms with Gasteiger partial charge >= 0.3 is 0 Å². The van der Waals surface area contributed by atoms with Crippen molar-refractivity contribution in [2.24, 2.45) is 5.92 Å². The van der Waals surface area contributed by atoms with Crippen molar-refractivity contribution in [3.63, 3.8) is 0 Å². The number of carbonyl (C=O) groups is 1. The number of hydrogen-bond donors (Lipinski definition) is 1. The Bertz CT molecular complexity index is 1280. The van der Waals surface area contributed by atoms with Gasteiger partial charge in [0, 0.05) is 25.6 Å². The van der Waals surface area contributed by atoms with Gasteiger partial charge in [-0.15, -0.1) is 0 Å². The van der Waals surface area contributed by atoms with Crippen molar-refractivity contribution in [1.82, 2.24) is 14.8 Å². The van der Waals surface area contributed by atoms with Crippen LogP contribution in [0.25, 0.3) is 12.2 Å². The van der Waals surface area contributed by atoms with Crippen LogP contribution in [0.2, 0.25) is 0 Å². The number of rotatable bonds is 8. The van der Waals surface area contributed by atoms with Crippen molar-refractivity contribution in [3.05, 3.63) is 57.5 Å². The van der Waals surface area contributed by atoms with Crippen LogP contribution in [0.3, 0.4) is 0 Å². The Morgan fingerprint density at radius 3 is 2.46 bits per heavy atom. The topological polar surface area (TPSA) is 92.5 Å². The highest BCUT2D eigenvalue weighted by Crippen LogP contribution is 2.30. The number of carbonyl (C=O) groups excluding carboxylic acids is 1. The van der Waals surface area contributed by atoms with Crippen molar-refractivity contribution in [3.8, 4) is 0 Å². The normalized spacial score (nSPS) is 17.8. The maximum Gasteiger partial charge on any atom is 0.248 e. The van der Waals surface area contributed by atoms with Crippen LogP contribution < -0.4 is 5.32 Å². The second-order valence-corrected chi connectivity index (χ2v) is 12.3. The Labute approximate surface area is 221 Å². The number of nitrogens with zero attached hydrogens (tertiary/aromatic N) is 2. The van der Waals surface area contributed by atoms with Crippen molar-refractivity contribution in [1.29, 1.82) is 0 Å². The maximum atomic E-state index is 13.6. The summed E-state index contributed by atoms with van der Waals surface area (Å²) in [4.78, 5) is 12.8. The van der Waals surface area contributed by atoms with E-state index in [0.717, 1.165) is 36.0 Å². The van der Waals surface area contributed by atoms with Gasteiger partial charge in [-0.2, -0.15) is 4.31 Å². The first-order valence-electron chi connectivity index (χ1n) is 13.3. The van der Waals surface area contributed by atoms with Gasteiger partial charge in [0.2, 0.25) is 15.9 Å². The standard InChI is InChI=1S/C29H39N3O4S/c1-20-18-21(2)26(22(3)19-20)10-11-27-28(23(4)31-36-27)37(34,35)32-16-13-25(14-17-32)29(33)30-15-12-24-8-6-5-7-9-24/h8,10-11,18-19,25H,5-7,9,12-17H2,1-4H3,(H,30,33). The van der Waals surface area contributed by atoms with E-state index < -0.39 is 10.0 Å².